The number of anilines is 1. The van der Waals surface area contributed by atoms with Gasteiger partial charge < -0.3 is 10.1 Å². The van der Waals surface area contributed by atoms with Gasteiger partial charge in [0, 0.05) is 29.2 Å². The molecule has 0 saturated carbocycles. The molecule has 1 aliphatic rings. The number of halogens is 1. The zero-order chi connectivity index (χ0) is 20.1. The lowest BCUT2D eigenvalue weighted by atomic mass is 10.2. The summed E-state index contributed by atoms with van der Waals surface area (Å²) in [5.41, 5.74) is 1.55. The van der Waals surface area contributed by atoms with Crippen LogP contribution in [0.2, 0.25) is 0 Å². The number of nitrogens with one attached hydrogen (secondary N) is 1. The van der Waals surface area contributed by atoms with Crippen LogP contribution in [0.3, 0.4) is 0 Å². The Hall–Kier alpha value is -2.16. The van der Waals surface area contributed by atoms with Crippen molar-refractivity contribution >= 4 is 67.8 Å². The summed E-state index contributed by atoms with van der Waals surface area (Å²) in [7, 11) is 1.57. The number of hydrogen-bond acceptors (Lipinski definition) is 5. The van der Waals surface area contributed by atoms with Crippen LogP contribution in [0.1, 0.15) is 12.0 Å². The Morgan fingerprint density at radius 3 is 2.82 bits per heavy atom. The summed E-state index contributed by atoms with van der Waals surface area (Å²) < 4.78 is 6.54. The first kappa shape index (κ1) is 20.6. The molecule has 0 radical (unpaired) electrons. The molecule has 2 amide bonds. The third-order valence-electron chi connectivity index (χ3n) is 3.94. The van der Waals surface area contributed by atoms with Gasteiger partial charge in [-0.05, 0) is 35.9 Å². The number of benzene rings is 2. The molecular formula is C20H17BrN2O3S2. The lowest BCUT2D eigenvalue weighted by Crippen LogP contribution is -2.31. The highest BCUT2D eigenvalue weighted by molar-refractivity contribution is 9.10. The van der Waals surface area contributed by atoms with Crippen molar-refractivity contribution in [2.75, 3.05) is 19.0 Å². The molecule has 2 aromatic carbocycles. The quantitative estimate of drug-likeness (QED) is 0.484. The lowest BCUT2D eigenvalue weighted by Gasteiger charge is -2.14. The van der Waals surface area contributed by atoms with E-state index < -0.39 is 0 Å². The molecule has 0 atom stereocenters. The Morgan fingerprint density at radius 1 is 1.29 bits per heavy atom. The molecule has 5 nitrogen and oxygen atoms in total. The minimum atomic E-state index is -0.196. The monoisotopic (exact) mass is 476 g/mol. The zero-order valence-corrected chi connectivity index (χ0v) is 18.2. The number of thioether (sulfide) groups is 1. The molecule has 0 bridgehead atoms. The first-order valence-electron chi connectivity index (χ1n) is 8.41. The Kier molecular flexibility index (Phi) is 6.88. The van der Waals surface area contributed by atoms with Crippen LogP contribution in [-0.4, -0.2) is 34.7 Å². The molecule has 1 N–H and O–H groups in total. The SMILES string of the molecule is COc1cccc(NC(=O)CCN2C(=O)C(=Cc3cccc(Br)c3)SC2=S)c1. The van der Waals surface area contributed by atoms with Crippen LogP contribution in [0.25, 0.3) is 6.08 Å². The van der Waals surface area contributed by atoms with Crippen molar-refractivity contribution in [2.45, 2.75) is 6.42 Å². The zero-order valence-electron chi connectivity index (χ0n) is 15.0. The Balaban J connectivity index is 1.60. The summed E-state index contributed by atoms with van der Waals surface area (Å²) in [6, 6.07) is 14.8. The van der Waals surface area contributed by atoms with E-state index in [1.165, 1.54) is 16.7 Å². The average molecular weight is 477 g/mol. The maximum Gasteiger partial charge on any atom is 0.266 e. The third-order valence-corrected chi connectivity index (χ3v) is 5.81. The molecule has 3 rings (SSSR count). The second kappa shape index (κ2) is 9.36. The van der Waals surface area contributed by atoms with Gasteiger partial charge in [-0.1, -0.05) is 58.1 Å². The Morgan fingerprint density at radius 2 is 2.07 bits per heavy atom. The average Bonchev–Trinajstić information content (AvgIpc) is 2.93. The van der Waals surface area contributed by atoms with Crippen LogP contribution in [0, 0.1) is 0 Å². The van der Waals surface area contributed by atoms with Gasteiger partial charge in [-0.25, -0.2) is 0 Å². The standard InChI is InChI=1S/C20H17BrN2O3S2/c1-26-16-7-3-6-15(12-16)22-18(24)8-9-23-19(25)17(28-20(23)27)11-13-4-2-5-14(21)10-13/h2-7,10-12H,8-9H2,1H3,(H,22,24). The van der Waals surface area contributed by atoms with Gasteiger partial charge in [0.25, 0.3) is 5.91 Å². The molecule has 1 fully saturated rings. The molecular weight excluding hydrogens is 460 g/mol. The van der Waals surface area contributed by atoms with Crippen LogP contribution in [0.4, 0.5) is 5.69 Å². The maximum absolute atomic E-state index is 12.6. The smallest absolute Gasteiger partial charge is 0.266 e. The fraction of sp³-hybridized carbons (Fsp3) is 0.150. The van der Waals surface area contributed by atoms with Crippen molar-refractivity contribution in [3.8, 4) is 5.75 Å². The van der Waals surface area contributed by atoms with Crippen LogP contribution in [-0.2, 0) is 9.59 Å². The number of thiocarbonyl (C=S) groups is 1. The highest BCUT2D eigenvalue weighted by Gasteiger charge is 2.32. The molecule has 1 heterocycles. The van der Waals surface area contributed by atoms with Crippen molar-refractivity contribution in [3.05, 3.63) is 63.5 Å². The highest BCUT2D eigenvalue weighted by atomic mass is 79.9. The Bertz CT molecular complexity index is 962. The number of carbonyl (C=O) groups is 2. The largest absolute Gasteiger partial charge is 0.497 e. The predicted molar refractivity (Wildman–Crippen MR) is 120 cm³/mol. The summed E-state index contributed by atoms with van der Waals surface area (Å²) in [5.74, 6) is 0.287. The van der Waals surface area contributed by atoms with Gasteiger partial charge in [-0.2, -0.15) is 0 Å². The maximum atomic E-state index is 12.6. The third kappa shape index (κ3) is 5.21. The molecule has 1 saturated heterocycles. The van der Waals surface area contributed by atoms with E-state index in [9.17, 15) is 9.59 Å². The number of amides is 2. The van der Waals surface area contributed by atoms with E-state index in [-0.39, 0.29) is 24.8 Å². The first-order chi connectivity index (χ1) is 13.5. The van der Waals surface area contributed by atoms with Crippen molar-refractivity contribution in [1.29, 1.82) is 0 Å². The topological polar surface area (TPSA) is 58.6 Å². The summed E-state index contributed by atoms with van der Waals surface area (Å²) in [4.78, 5) is 26.9. The summed E-state index contributed by atoms with van der Waals surface area (Å²) >= 11 is 9.99. The van der Waals surface area contributed by atoms with Gasteiger partial charge in [-0.3, -0.25) is 14.5 Å². The van der Waals surface area contributed by atoms with Gasteiger partial charge in [0.15, 0.2) is 0 Å². The van der Waals surface area contributed by atoms with Gasteiger partial charge in [0.1, 0.15) is 10.1 Å². The van der Waals surface area contributed by atoms with E-state index in [1.807, 2.05) is 24.3 Å². The van der Waals surface area contributed by atoms with Gasteiger partial charge in [0.2, 0.25) is 5.91 Å². The predicted octanol–water partition coefficient (Wildman–Crippen LogP) is 4.69. The molecule has 0 aliphatic carbocycles. The van der Waals surface area contributed by atoms with Crippen LogP contribution < -0.4 is 10.1 Å². The van der Waals surface area contributed by atoms with Crippen molar-refractivity contribution < 1.29 is 14.3 Å². The van der Waals surface area contributed by atoms with E-state index in [0.29, 0.717) is 20.7 Å². The Labute approximate surface area is 181 Å². The van der Waals surface area contributed by atoms with Crippen LogP contribution in [0.5, 0.6) is 5.75 Å². The van der Waals surface area contributed by atoms with Gasteiger partial charge in [-0.15, -0.1) is 0 Å². The summed E-state index contributed by atoms with van der Waals surface area (Å²) in [6.07, 6.45) is 1.95. The lowest BCUT2D eigenvalue weighted by molar-refractivity contribution is -0.122. The molecule has 2 aromatic rings. The van der Waals surface area contributed by atoms with Crippen molar-refractivity contribution in [2.24, 2.45) is 0 Å². The molecule has 28 heavy (non-hydrogen) atoms. The fourth-order valence-corrected chi connectivity index (χ4v) is 4.30. The highest BCUT2D eigenvalue weighted by Crippen LogP contribution is 2.33. The van der Waals surface area contributed by atoms with Gasteiger partial charge >= 0.3 is 0 Å². The summed E-state index contributed by atoms with van der Waals surface area (Å²) in [6.45, 7) is 0.232. The van der Waals surface area contributed by atoms with Crippen LogP contribution >= 0.6 is 39.9 Å². The second-order valence-corrected chi connectivity index (χ2v) is 8.51. The van der Waals surface area contributed by atoms with Crippen molar-refractivity contribution in [3.63, 3.8) is 0 Å². The van der Waals surface area contributed by atoms with Crippen molar-refractivity contribution in [1.82, 2.24) is 4.90 Å². The molecule has 0 unspecified atom stereocenters. The molecule has 144 valence electrons. The summed E-state index contributed by atoms with van der Waals surface area (Å²) in [5, 5.41) is 2.80. The second-order valence-electron chi connectivity index (χ2n) is 5.92. The fourth-order valence-electron chi connectivity index (χ4n) is 2.58. The molecule has 1 aliphatic heterocycles. The number of carbonyl (C=O) groups excluding carboxylic acids is 2. The number of nitrogens with zero attached hydrogens (tertiary/aromatic N) is 1. The number of ether oxygens (including phenoxy) is 1. The molecule has 0 spiro atoms. The first-order valence-corrected chi connectivity index (χ1v) is 10.4. The van der Waals surface area contributed by atoms with E-state index in [0.717, 1.165) is 10.0 Å². The van der Waals surface area contributed by atoms with E-state index in [4.69, 9.17) is 17.0 Å². The molecule has 0 aromatic heterocycles. The van der Waals surface area contributed by atoms with Crippen LogP contribution in [0.15, 0.2) is 57.9 Å². The molecule has 8 heteroatoms. The normalized spacial score (nSPS) is 15.2. The van der Waals surface area contributed by atoms with E-state index >= 15 is 0 Å². The van der Waals surface area contributed by atoms with Gasteiger partial charge in [0.05, 0.1) is 12.0 Å². The van der Waals surface area contributed by atoms with E-state index in [2.05, 4.69) is 21.2 Å². The number of rotatable bonds is 6. The number of methoxy groups -OCH3 is 1. The number of hydrogen-bond donors (Lipinski definition) is 1. The minimum absolute atomic E-state index is 0.147. The van der Waals surface area contributed by atoms with E-state index in [1.54, 1.807) is 37.5 Å². The minimum Gasteiger partial charge on any atom is -0.497 e.